The molecule has 6 heteroatoms. The fraction of sp³-hybridized carbons (Fsp3) is 0.0769. The van der Waals surface area contributed by atoms with Crippen molar-refractivity contribution in [1.82, 2.24) is 0 Å². The molecule has 0 heterocycles. The highest BCUT2D eigenvalue weighted by Gasteiger charge is 2.10. The van der Waals surface area contributed by atoms with Gasteiger partial charge in [0, 0.05) is 21.6 Å². The second-order valence-electron chi connectivity index (χ2n) is 3.83. The number of hydrogen-bond donors (Lipinski definition) is 1. The summed E-state index contributed by atoms with van der Waals surface area (Å²) < 4.78 is 40.3. The number of halogens is 5. The maximum atomic E-state index is 13.6. The van der Waals surface area contributed by atoms with E-state index in [4.69, 9.17) is 0 Å². The van der Waals surface area contributed by atoms with E-state index in [1.54, 1.807) is 6.07 Å². The third-order valence-electron chi connectivity index (χ3n) is 2.48. The summed E-state index contributed by atoms with van der Waals surface area (Å²) in [4.78, 5) is 0. The van der Waals surface area contributed by atoms with Crippen molar-refractivity contribution in [2.24, 2.45) is 0 Å². The summed E-state index contributed by atoms with van der Waals surface area (Å²) in [5.74, 6) is -1.70. The molecule has 0 aliphatic rings. The Morgan fingerprint density at radius 3 is 2.21 bits per heavy atom. The van der Waals surface area contributed by atoms with Crippen molar-refractivity contribution in [2.45, 2.75) is 6.54 Å². The van der Waals surface area contributed by atoms with E-state index >= 15 is 0 Å². The largest absolute Gasteiger partial charge is 0.378 e. The fourth-order valence-electron chi connectivity index (χ4n) is 1.56. The number of nitrogens with one attached hydrogen (secondary N) is 1. The SMILES string of the molecule is Fc1ccc(CNc2c(F)cc(F)cc2Br)c(Br)c1. The summed E-state index contributed by atoms with van der Waals surface area (Å²) in [7, 11) is 0. The van der Waals surface area contributed by atoms with Crippen LogP contribution in [0.25, 0.3) is 0 Å². The lowest BCUT2D eigenvalue weighted by atomic mass is 10.2. The molecular weight excluding hydrogens is 387 g/mol. The Labute approximate surface area is 125 Å². The first-order valence-corrected chi connectivity index (χ1v) is 6.88. The van der Waals surface area contributed by atoms with Crippen LogP contribution in [0.5, 0.6) is 0 Å². The maximum absolute atomic E-state index is 13.6. The monoisotopic (exact) mass is 393 g/mol. The third-order valence-corrected chi connectivity index (χ3v) is 3.84. The Morgan fingerprint density at radius 2 is 1.58 bits per heavy atom. The lowest BCUT2D eigenvalue weighted by Gasteiger charge is -2.11. The van der Waals surface area contributed by atoms with Crippen LogP contribution in [0.4, 0.5) is 18.9 Å². The van der Waals surface area contributed by atoms with E-state index in [0.717, 1.165) is 11.6 Å². The lowest BCUT2D eigenvalue weighted by molar-refractivity contribution is 0.583. The lowest BCUT2D eigenvalue weighted by Crippen LogP contribution is -2.03. The fourth-order valence-corrected chi connectivity index (χ4v) is 2.60. The summed E-state index contributed by atoms with van der Waals surface area (Å²) in [5.41, 5.74) is 0.926. The average molecular weight is 395 g/mol. The van der Waals surface area contributed by atoms with Crippen molar-refractivity contribution in [3.05, 3.63) is 62.3 Å². The number of rotatable bonds is 3. The van der Waals surface area contributed by atoms with Gasteiger partial charge in [0.05, 0.1) is 5.69 Å². The molecule has 100 valence electrons. The minimum Gasteiger partial charge on any atom is -0.378 e. The minimum absolute atomic E-state index is 0.164. The predicted molar refractivity (Wildman–Crippen MR) is 75.5 cm³/mol. The molecule has 0 bridgehead atoms. The first-order valence-electron chi connectivity index (χ1n) is 5.29. The molecule has 0 aliphatic heterocycles. The standard InChI is InChI=1S/C13H8Br2F3N/c14-10-3-8(16)2-1-7(10)6-19-13-11(15)4-9(17)5-12(13)18/h1-5,19H,6H2. The van der Waals surface area contributed by atoms with Crippen molar-refractivity contribution in [2.75, 3.05) is 5.32 Å². The van der Waals surface area contributed by atoms with E-state index in [2.05, 4.69) is 37.2 Å². The molecule has 0 fully saturated rings. The van der Waals surface area contributed by atoms with Crippen molar-refractivity contribution in [3.63, 3.8) is 0 Å². The molecule has 0 saturated carbocycles. The summed E-state index contributed by atoms with van der Waals surface area (Å²) in [5, 5.41) is 2.84. The number of hydrogen-bond acceptors (Lipinski definition) is 1. The van der Waals surface area contributed by atoms with Crippen molar-refractivity contribution < 1.29 is 13.2 Å². The van der Waals surface area contributed by atoms with Crippen LogP contribution >= 0.6 is 31.9 Å². The second kappa shape index (κ2) is 5.96. The van der Waals surface area contributed by atoms with Crippen LogP contribution in [0.1, 0.15) is 5.56 Å². The minimum atomic E-state index is -0.690. The van der Waals surface area contributed by atoms with Crippen LogP contribution in [0.15, 0.2) is 39.3 Å². The molecule has 2 aromatic rings. The summed E-state index contributed by atoms with van der Waals surface area (Å²) in [6.45, 7) is 0.280. The molecule has 1 nitrogen and oxygen atoms in total. The summed E-state index contributed by atoms with van der Waals surface area (Å²) >= 11 is 6.31. The predicted octanol–water partition coefficient (Wildman–Crippen LogP) is 5.24. The molecule has 0 aliphatic carbocycles. The highest BCUT2D eigenvalue weighted by molar-refractivity contribution is 9.10. The molecule has 0 aromatic heterocycles. The van der Waals surface area contributed by atoms with Crippen LogP contribution in [-0.2, 0) is 6.54 Å². The molecule has 0 saturated heterocycles. The topological polar surface area (TPSA) is 12.0 Å². The Morgan fingerprint density at radius 1 is 0.895 bits per heavy atom. The molecule has 1 N–H and O–H groups in total. The van der Waals surface area contributed by atoms with E-state index in [-0.39, 0.29) is 18.0 Å². The van der Waals surface area contributed by atoms with Crippen molar-refractivity contribution in [3.8, 4) is 0 Å². The van der Waals surface area contributed by atoms with Gasteiger partial charge in [0.15, 0.2) is 0 Å². The molecule has 2 rings (SSSR count). The quantitative estimate of drug-likeness (QED) is 0.750. The van der Waals surface area contributed by atoms with Crippen molar-refractivity contribution in [1.29, 1.82) is 0 Å². The van der Waals surface area contributed by atoms with E-state index < -0.39 is 11.6 Å². The van der Waals surface area contributed by atoms with Gasteiger partial charge in [-0.1, -0.05) is 22.0 Å². The molecule has 0 amide bonds. The molecule has 0 radical (unpaired) electrons. The van der Waals surface area contributed by atoms with Crippen LogP contribution in [-0.4, -0.2) is 0 Å². The average Bonchev–Trinajstić information content (AvgIpc) is 2.30. The highest BCUT2D eigenvalue weighted by Crippen LogP contribution is 2.28. The van der Waals surface area contributed by atoms with Crippen molar-refractivity contribution >= 4 is 37.5 Å². The molecule has 2 aromatic carbocycles. The van der Waals surface area contributed by atoms with Crippen LogP contribution in [0.2, 0.25) is 0 Å². The van der Waals surface area contributed by atoms with E-state index in [1.165, 1.54) is 18.2 Å². The summed E-state index contributed by atoms with van der Waals surface area (Å²) in [6.07, 6.45) is 0. The van der Waals surface area contributed by atoms with Gasteiger partial charge in [-0.25, -0.2) is 13.2 Å². The van der Waals surface area contributed by atoms with Gasteiger partial charge in [-0.2, -0.15) is 0 Å². The van der Waals surface area contributed by atoms with Gasteiger partial charge in [0.25, 0.3) is 0 Å². The molecule has 0 atom stereocenters. The smallest absolute Gasteiger partial charge is 0.150 e. The second-order valence-corrected chi connectivity index (χ2v) is 5.54. The van der Waals surface area contributed by atoms with Gasteiger partial charge < -0.3 is 5.32 Å². The zero-order valence-electron chi connectivity index (χ0n) is 9.48. The highest BCUT2D eigenvalue weighted by atomic mass is 79.9. The van der Waals surface area contributed by atoms with Gasteiger partial charge in [0.1, 0.15) is 17.5 Å². The van der Waals surface area contributed by atoms with Crippen LogP contribution in [0, 0.1) is 17.5 Å². The molecule has 0 unspecified atom stereocenters. The van der Waals surface area contributed by atoms with Gasteiger partial charge >= 0.3 is 0 Å². The first kappa shape index (κ1) is 14.4. The zero-order valence-corrected chi connectivity index (χ0v) is 12.7. The van der Waals surface area contributed by atoms with Gasteiger partial charge in [-0.15, -0.1) is 0 Å². The normalized spacial score (nSPS) is 10.6. The van der Waals surface area contributed by atoms with Gasteiger partial charge in [-0.05, 0) is 39.7 Å². The van der Waals surface area contributed by atoms with Crippen LogP contribution in [0.3, 0.4) is 0 Å². The Kier molecular flexibility index (Phi) is 4.52. The zero-order chi connectivity index (χ0) is 14.0. The maximum Gasteiger partial charge on any atom is 0.150 e. The van der Waals surface area contributed by atoms with E-state index in [9.17, 15) is 13.2 Å². The molecular formula is C13H8Br2F3N. The van der Waals surface area contributed by atoms with E-state index in [1.807, 2.05) is 0 Å². The molecule has 19 heavy (non-hydrogen) atoms. The van der Waals surface area contributed by atoms with Crippen LogP contribution < -0.4 is 5.32 Å². The van der Waals surface area contributed by atoms with E-state index in [0.29, 0.717) is 8.95 Å². The number of anilines is 1. The molecule has 0 spiro atoms. The van der Waals surface area contributed by atoms with Gasteiger partial charge in [0.2, 0.25) is 0 Å². The van der Waals surface area contributed by atoms with Gasteiger partial charge in [-0.3, -0.25) is 0 Å². The Balaban J connectivity index is 2.19. The Hall–Kier alpha value is -1.01. The third kappa shape index (κ3) is 3.51. The Bertz CT molecular complexity index is 594. The summed E-state index contributed by atoms with van der Waals surface area (Å²) in [6, 6.07) is 6.20. The first-order chi connectivity index (χ1) is 8.97. The number of benzene rings is 2.